The van der Waals surface area contributed by atoms with E-state index in [0.29, 0.717) is 6.61 Å². The van der Waals surface area contributed by atoms with Crippen LogP contribution >= 0.6 is 0 Å². The molecule has 0 spiro atoms. The molecule has 0 bridgehead atoms. The van der Waals surface area contributed by atoms with Gasteiger partial charge in [0.05, 0.1) is 31.1 Å². The summed E-state index contributed by atoms with van der Waals surface area (Å²) in [5.41, 5.74) is 9.16. The van der Waals surface area contributed by atoms with E-state index in [-0.39, 0.29) is 11.9 Å². The number of aromatic nitrogens is 2. The van der Waals surface area contributed by atoms with Crippen LogP contribution in [0.4, 0.5) is 4.39 Å². The summed E-state index contributed by atoms with van der Waals surface area (Å²) in [7, 11) is 1.66. The molecular weight excluding hydrogens is 381 g/mol. The van der Waals surface area contributed by atoms with Gasteiger partial charge in [-0.05, 0) is 73.0 Å². The first-order chi connectivity index (χ1) is 14.6. The second-order valence-electron chi connectivity index (χ2n) is 7.21. The third kappa shape index (κ3) is 4.60. The monoisotopic (exact) mass is 405 g/mol. The lowest BCUT2D eigenvalue weighted by molar-refractivity contribution is 0.297. The highest BCUT2D eigenvalue weighted by atomic mass is 19.1. The van der Waals surface area contributed by atoms with E-state index >= 15 is 0 Å². The molecule has 1 atom stereocenters. The van der Waals surface area contributed by atoms with E-state index in [1.165, 1.54) is 12.1 Å². The Morgan fingerprint density at radius 2 is 1.87 bits per heavy atom. The zero-order chi connectivity index (χ0) is 20.9. The zero-order valence-corrected chi connectivity index (χ0v) is 16.8. The lowest BCUT2D eigenvalue weighted by Crippen LogP contribution is -2.25. The van der Waals surface area contributed by atoms with Crippen molar-refractivity contribution in [3.63, 3.8) is 0 Å². The van der Waals surface area contributed by atoms with Crippen molar-refractivity contribution in [3.05, 3.63) is 84.3 Å². The molecule has 0 saturated heterocycles. The molecule has 4 aromatic rings. The van der Waals surface area contributed by atoms with E-state index in [1.54, 1.807) is 30.1 Å². The van der Waals surface area contributed by atoms with Gasteiger partial charge in [-0.25, -0.2) is 9.07 Å². The Labute approximate surface area is 174 Å². The molecule has 0 aliphatic heterocycles. The Kier molecular flexibility index (Phi) is 5.95. The highest BCUT2D eigenvalue weighted by Gasteiger charge is 2.09. The van der Waals surface area contributed by atoms with Crippen molar-refractivity contribution >= 4 is 10.9 Å². The maximum Gasteiger partial charge on any atom is 0.123 e. The molecule has 4 rings (SSSR count). The van der Waals surface area contributed by atoms with Gasteiger partial charge >= 0.3 is 0 Å². The van der Waals surface area contributed by atoms with Crippen molar-refractivity contribution in [1.82, 2.24) is 9.78 Å². The first-order valence-corrected chi connectivity index (χ1v) is 9.87. The molecule has 0 fully saturated rings. The number of nitrogens with zero attached hydrogens (tertiary/aromatic N) is 2. The Bertz CT molecular complexity index is 1120. The molecule has 0 aliphatic rings. The maximum absolute atomic E-state index is 13.2. The summed E-state index contributed by atoms with van der Waals surface area (Å²) in [6.07, 6.45) is 3.29. The average Bonchev–Trinajstić information content (AvgIpc) is 3.18. The van der Waals surface area contributed by atoms with Crippen molar-refractivity contribution in [2.24, 2.45) is 5.73 Å². The third-order valence-electron chi connectivity index (χ3n) is 5.00. The fraction of sp³-hybridized carbons (Fsp3) is 0.208. The highest BCUT2D eigenvalue weighted by Crippen LogP contribution is 2.23. The van der Waals surface area contributed by atoms with Crippen molar-refractivity contribution in [2.75, 3.05) is 13.7 Å². The van der Waals surface area contributed by atoms with E-state index in [2.05, 4.69) is 11.2 Å². The number of benzene rings is 3. The van der Waals surface area contributed by atoms with Crippen LogP contribution in [0.5, 0.6) is 11.5 Å². The fourth-order valence-electron chi connectivity index (χ4n) is 3.42. The van der Waals surface area contributed by atoms with Crippen LogP contribution in [0.15, 0.2) is 72.9 Å². The number of nitrogens with two attached hydrogens (primary N) is 1. The average molecular weight is 405 g/mol. The van der Waals surface area contributed by atoms with Crippen LogP contribution in [0.1, 0.15) is 12.0 Å². The lowest BCUT2D eigenvalue weighted by atomic mass is 10.0. The molecule has 154 valence electrons. The SMILES string of the molecule is COc1cccc(CC(N)CCOc2ccc3c(cnn3-c3ccc(F)cc3)c2)c1. The van der Waals surface area contributed by atoms with Gasteiger partial charge in [0.15, 0.2) is 0 Å². The molecule has 5 nitrogen and oxygen atoms in total. The molecule has 1 heterocycles. The Hall–Kier alpha value is -3.38. The predicted octanol–water partition coefficient (Wildman–Crippen LogP) is 4.51. The van der Waals surface area contributed by atoms with E-state index in [9.17, 15) is 4.39 Å². The zero-order valence-electron chi connectivity index (χ0n) is 16.8. The van der Waals surface area contributed by atoms with Crippen molar-refractivity contribution < 1.29 is 13.9 Å². The van der Waals surface area contributed by atoms with Gasteiger partial charge in [0, 0.05) is 11.4 Å². The van der Waals surface area contributed by atoms with Crippen molar-refractivity contribution in [1.29, 1.82) is 0 Å². The number of halogens is 1. The van der Waals surface area contributed by atoms with Crippen LogP contribution in [0.25, 0.3) is 16.6 Å². The summed E-state index contributed by atoms with van der Waals surface area (Å²) in [4.78, 5) is 0. The van der Waals surface area contributed by atoms with Gasteiger partial charge in [-0.15, -0.1) is 0 Å². The minimum Gasteiger partial charge on any atom is -0.497 e. The van der Waals surface area contributed by atoms with Gasteiger partial charge in [-0.2, -0.15) is 5.10 Å². The predicted molar refractivity (Wildman–Crippen MR) is 116 cm³/mol. The minimum atomic E-state index is -0.268. The highest BCUT2D eigenvalue weighted by molar-refractivity contribution is 5.81. The number of methoxy groups -OCH3 is 1. The second kappa shape index (κ2) is 8.97. The molecular formula is C24H24FN3O2. The molecule has 3 aromatic carbocycles. The van der Waals surface area contributed by atoms with Gasteiger partial charge in [0.2, 0.25) is 0 Å². The number of ether oxygens (including phenoxy) is 2. The van der Waals surface area contributed by atoms with Crippen LogP contribution in [0, 0.1) is 5.82 Å². The summed E-state index contributed by atoms with van der Waals surface area (Å²) < 4.78 is 26.1. The summed E-state index contributed by atoms with van der Waals surface area (Å²) in [5, 5.41) is 5.37. The fourth-order valence-corrected chi connectivity index (χ4v) is 3.42. The number of rotatable bonds is 8. The van der Waals surface area contributed by atoms with E-state index < -0.39 is 0 Å². The summed E-state index contributed by atoms with van der Waals surface area (Å²) >= 11 is 0. The largest absolute Gasteiger partial charge is 0.497 e. The Morgan fingerprint density at radius 1 is 1.03 bits per heavy atom. The molecule has 1 unspecified atom stereocenters. The summed E-state index contributed by atoms with van der Waals surface area (Å²) in [5.74, 6) is 1.34. The normalized spacial score (nSPS) is 12.1. The van der Waals surface area contributed by atoms with Crippen LogP contribution < -0.4 is 15.2 Å². The maximum atomic E-state index is 13.2. The number of hydrogen-bond acceptors (Lipinski definition) is 4. The number of hydrogen-bond donors (Lipinski definition) is 1. The van der Waals surface area contributed by atoms with Crippen LogP contribution in [0.2, 0.25) is 0 Å². The molecule has 0 aliphatic carbocycles. The van der Waals surface area contributed by atoms with Crippen LogP contribution in [-0.4, -0.2) is 29.5 Å². The third-order valence-corrected chi connectivity index (χ3v) is 5.00. The Morgan fingerprint density at radius 3 is 2.67 bits per heavy atom. The smallest absolute Gasteiger partial charge is 0.123 e. The molecule has 6 heteroatoms. The van der Waals surface area contributed by atoms with E-state index in [0.717, 1.165) is 46.5 Å². The molecule has 0 saturated carbocycles. The first kappa shape index (κ1) is 19.9. The van der Waals surface area contributed by atoms with Gasteiger partial charge in [0.1, 0.15) is 17.3 Å². The quantitative estimate of drug-likeness (QED) is 0.468. The lowest BCUT2D eigenvalue weighted by Gasteiger charge is -2.13. The molecule has 0 amide bonds. The first-order valence-electron chi connectivity index (χ1n) is 9.87. The standard InChI is InChI=1S/C24H24FN3O2/c1-29-22-4-2-3-17(14-22)13-20(26)11-12-30-23-9-10-24-18(15-23)16-27-28(24)21-7-5-19(25)6-8-21/h2-10,14-16,20H,11-13,26H2,1H3. The Balaban J connectivity index is 1.35. The topological polar surface area (TPSA) is 62.3 Å². The van der Waals surface area contributed by atoms with Gasteiger partial charge < -0.3 is 15.2 Å². The summed E-state index contributed by atoms with van der Waals surface area (Å²) in [6, 6.07) is 20.0. The van der Waals surface area contributed by atoms with Crippen molar-refractivity contribution in [3.8, 4) is 17.2 Å². The minimum absolute atomic E-state index is 0.00191. The second-order valence-corrected chi connectivity index (χ2v) is 7.21. The summed E-state index contributed by atoms with van der Waals surface area (Å²) in [6.45, 7) is 0.530. The van der Waals surface area contributed by atoms with Gasteiger partial charge in [0.25, 0.3) is 0 Å². The molecule has 2 N–H and O–H groups in total. The van der Waals surface area contributed by atoms with Crippen LogP contribution in [-0.2, 0) is 6.42 Å². The van der Waals surface area contributed by atoms with Gasteiger partial charge in [-0.1, -0.05) is 12.1 Å². The molecule has 0 radical (unpaired) electrons. The van der Waals surface area contributed by atoms with E-state index in [1.807, 2.05) is 36.4 Å². The van der Waals surface area contributed by atoms with E-state index in [4.69, 9.17) is 15.2 Å². The van der Waals surface area contributed by atoms with Crippen LogP contribution in [0.3, 0.4) is 0 Å². The molecule has 30 heavy (non-hydrogen) atoms. The van der Waals surface area contributed by atoms with Gasteiger partial charge in [-0.3, -0.25) is 0 Å². The van der Waals surface area contributed by atoms with Crippen molar-refractivity contribution in [2.45, 2.75) is 18.9 Å². The molecule has 1 aromatic heterocycles. The number of fused-ring (bicyclic) bond motifs is 1.